The predicted octanol–water partition coefficient (Wildman–Crippen LogP) is 15.3. The molecule has 0 unspecified atom stereocenters. The van der Waals surface area contributed by atoms with E-state index < -0.39 is 0 Å². The molecule has 0 radical (unpaired) electrons. The van der Waals surface area contributed by atoms with E-state index in [1.165, 1.54) is 25.6 Å². The normalized spacial score (nSPS) is 12.2. The molecule has 0 spiro atoms. The number of para-hydroxylation sites is 3. The summed E-state index contributed by atoms with van der Waals surface area (Å²) in [5, 5.41) is 11.3. The Hall–Kier alpha value is -8.13. The molecule has 5 heterocycles. The zero-order chi connectivity index (χ0) is 40.5. The molecule has 0 aliphatic carbocycles. The van der Waals surface area contributed by atoms with E-state index in [2.05, 4.69) is 138 Å². The number of benzene rings is 9. The summed E-state index contributed by atoms with van der Waals surface area (Å²) < 4.78 is 17.6. The Kier molecular flexibility index (Phi) is 6.89. The summed E-state index contributed by atoms with van der Waals surface area (Å²) >= 11 is 1.83. The Bertz CT molecular complexity index is 4060. The Labute approximate surface area is 356 Å². The molecule has 62 heavy (non-hydrogen) atoms. The Morgan fingerprint density at radius 3 is 1.65 bits per heavy atom. The second-order valence-corrected chi connectivity index (χ2v) is 17.0. The highest BCUT2D eigenvalue weighted by molar-refractivity contribution is 7.25. The van der Waals surface area contributed by atoms with E-state index >= 15 is 0 Å². The molecule has 14 rings (SSSR count). The monoisotopic (exact) mass is 810 g/mol. The van der Waals surface area contributed by atoms with Crippen LogP contribution in [0.25, 0.3) is 136 Å². The van der Waals surface area contributed by atoms with Gasteiger partial charge in [-0.3, -0.25) is 4.57 Å². The van der Waals surface area contributed by atoms with Gasteiger partial charge in [-0.05, 0) is 83.1 Å². The molecule has 0 bridgehead atoms. The third kappa shape index (κ3) is 4.94. The number of furan rings is 2. The van der Waals surface area contributed by atoms with E-state index in [0.29, 0.717) is 17.6 Å². The summed E-state index contributed by atoms with van der Waals surface area (Å²) in [7, 11) is 0. The maximum atomic E-state index is 6.39. The largest absolute Gasteiger partial charge is 0.456 e. The van der Waals surface area contributed by atoms with Crippen LogP contribution in [0.1, 0.15) is 0 Å². The average Bonchev–Trinajstić information content (AvgIpc) is 4.08. The van der Waals surface area contributed by atoms with Crippen LogP contribution in [0, 0.1) is 0 Å². The van der Waals surface area contributed by atoms with Crippen LogP contribution in [0.5, 0.6) is 0 Å². The quantitative estimate of drug-likeness (QED) is 0.177. The lowest BCUT2D eigenvalue weighted by atomic mass is 9.99. The number of nitrogens with zero attached hydrogens (tertiary/aromatic N) is 4. The van der Waals surface area contributed by atoms with Crippen LogP contribution in [0.3, 0.4) is 0 Å². The van der Waals surface area contributed by atoms with Gasteiger partial charge in [-0.2, -0.15) is 9.97 Å². The number of thiophene rings is 1. The zero-order valence-corrected chi connectivity index (χ0v) is 33.7. The number of hydrogen-bond donors (Lipinski definition) is 0. The molecule has 5 aromatic heterocycles. The summed E-state index contributed by atoms with van der Waals surface area (Å²) in [6.07, 6.45) is 0. The minimum Gasteiger partial charge on any atom is -0.456 e. The third-order valence-electron chi connectivity index (χ3n) is 12.4. The molecule has 0 aliphatic heterocycles. The summed E-state index contributed by atoms with van der Waals surface area (Å²) in [5.74, 6) is 1.59. The first-order valence-electron chi connectivity index (χ1n) is 20.7. The van der Waals surface area contributed by atoms with Crippen LogP contribution in [0.2, 0.25) is 0 Å². The SMILES string of the molecule is c1ccc2cc3c(cc2c1)c1cccc(-c2ccc4sc5ccccc5c4c2)c1n3-c1nc(-c2ccc3c(c2)oc2ccccc23)nc(-c2ccc3c(c2)oc2ccccc23)n1. The summed E-state index contributed by atoms with van der Waals surface area (Å²) in [5.41, 5.74) is 9.15. The molecule has 288 valence electrons. The summed E-state index contributed by atoms with van der Waals surface area (Å²) in [6, 6.07) is 64.0. The van der Waals surface area contributed by atoms with Crippen molar-refractivity contribution in [3.8, 4) is 39.9 Å². The minimum absolute atomic E-state index is 0.518. The van der Waals surface area contributed by atoms with Crippen molar-refractivity contribution in [1.82, 2.24) is 19.5 Å². The number of rotatable bonds is 4. The molecule has 6 nitrogen and oxygen atoms in total. The molecule has 0 fully saturated rings. The second-order valence-electron chi connectivity index (χ2n) is 16.0. The van der Waals surface area contributed by atoms with Gasteiger partial charge in [0.25, 0.3) is 0 Å². The van der Waals surface area contributed by atoms with Gasteiger partial charge in [-0.1, -0.05) is 115 Å². The number of aromatic nitrogens is 4. The average molecular weight is 811 g/mol. The lowest BCUT2D eigenvalue weighted by molar-refractivity contribution is 0.668. The Balaban J connectivity index is 1.07. The van der Waals surface area contributed by atoms with Crippen molar-refractivity contribution in [2.45, 2.75) is 0 Å². The number of fused-ring (bicyclic) bond motifs is 13. The first-order valence-corrected chi connectivity index (χ1v) is 21.5. The van der Waals surface area contributed by atoms with Crippen LogP contribution in [0.15, 0.2) is 191 Å². The van der Waals surface area contributed by atoms with Gasteiger partial charge < -0.3 is 8.83 Å². The smallest absolute Gasteiger partial charge is 0.238 e. The van der Waals surface area contributed by atoms with Crippen LogP contribution in [-0.4, -0.2) is 19.5 Å². The van der Waals surface area contributed by atoms with E-state index in [4.69, 9.17) is 23.8 Å². The van der Waals surface area contributed by atoms with E-state index in [0.717, 1.165) is 93.3 Å². The summed E-state index contributed by atoms with van der Waals surface area (Å²) in [4.78, 5) is 16.0. The molecule has 14 aromatic rings. The van der Waals surface area contributed by atoms with E-state index in [1.54, 1.807) is 0 Å². The van der Waals surface area contributed by atoms with Crippen molar-refractivity contribution in [1.29, 1.82) is 0 Å². The van der Waals surface area contributed by atoms with Crippen LogP contribution < -0.4 is 0 Å². The zero-order valence-electron chi connectivity index (χ0n) is 32.8. The van der Waals surface area contributed by atoms with Gasteiger partial charge in [0.15, 0.2) is 11.6 Å². The highest BCUT2D eigenvalue weighted by Crippen LogP contribution is 2.43. The highest BCUT2D eigenvalue weighted by atomic mass is 32.1. The topological polar surface area (TPSA) is 69.9 Å². The predicted molar refractivity (Wildman–Crippen MR) is 255 cm³/mol. The first-order chi connectivity index (χ1) is 30.7. The van der Waals surface area contributed by atoms with E-state index in [1.807, 2.05) is 59.9 Å². The number of hydrogen-bond acceptors (Lipinski definition) is 6. The van der Waals surface area contributed by atoms with E-state index in [-0.39, 0.29) is 0 Å². The van der Waals surface area contributed by atoms with Gasteiger partial charge in [0.1, 0.15) is 22.3 Å². The fourth-order valence-corrected chi connectivity index (χ4v) is 10.6. The molecular formula is C55H30N4O2S. The van der Waals surface area contributed by atoms with Crippen molar-refractivity contribution < 1.29 is 8.83 Å². The third-order valence-corrected chi connectivity index (χ3v) is 13.6. The maximum Gasteiger partial charge on any atom is 0.238 e. The summed E-state index contributed by atoms with van der Waals surface area (Å²) in [6.45, 7) is 0. The molecule has 0 saturated heterocycles. The lowest BCUT2D eigenvalue weighted by Gasteiger charge is -2.13. The van der Waals surface area contributed by atoms with Crippen molar-refractivity contribution in [2.75, 3.05) is 0 Å². The molecule has 0 aliphatic rings. The molecular weight excluding hydrogens is 781 g/mol. The standard InChI is InChI=1S/C55H30N4O2S/c1-2-11-32-28-45-43(26-31(32)10-1)42-16-9-15-36(33-22-25-51-44(27-33)41-14-5-8-19-50(41)62-51)52(42)59(45)55-57-53(34-20-23-39-37-12-3-6-17-46(37)60-48(39)29-34)56-54(58-55)35-21-24-40-38-13-4-7-18-47(38)61-49(40)30-35/h1-30H. The highest BCUT2D eigenvalue weighted by Gasteiger charge is 2.23. The van der Waals surface area contributed by atoms with Gasteiger partial charge in [0.2, 0.25) is 5.95 Å². The maximum absolute atomic E-state index is 6.39. The Morgan fingerprint density at radius 2 is 0.935 bits per heavy atom. The van der Waals surface area contributed by atoms with Crippen LogP contribution in [0.4, 0.5) is 0 Å². The fraction of sp³-hybridized carbons (Fsp3) is 0. The van der Waals surface area contributed by atoms with Crippen LogP contribution in [-0.2, 0) is 0 Å². The molecule has 7 heteroatoms. The van der Waals surface area contributed by atoms with Gasteiger partial charge in [-0.25, -0.2) is 4.98 Å². The second kappa shape index (κ2) is 12.7. The van der Waals surface area contributed by atoms with Crippen molar-refractivity contribution in [3.05, 3.63) is 182 Å². The van der Waals surface area contributed by atoms with Crippen molar-refractivity contribution >= 4 is 108 Å². The molecule has 9 aromatic carbocycles. The van der Waals surface area contributed by atoms with Crippen molar-refractivity contribution in [2.24, 2.45) is 0 Å². The fourth-order valence-electron chi connectivity index (χ4n) is 9.54. The van der Waals surface area contributed by atoms with Gasteiger partial charge >= 0.3 is 0 Å². The lowest BCUT2D eigenvalue weighted by Crippen LogP contribution is -2.07. The van der Waals surface area contributed by atoms with Gasteiger partial charge in [0.05, 0.1) is 11.0 Å². The molecule has 0 atom stereocenters. The van der Waals surface area contributed by atoms with Gasteiger partial charge in [0, 0.05) is 69.2 Å². The first kappa shape index (κ1) is 33.7. The molecule has 0 N–H and O–H groups in total. The van der Waals surface area contributed by atoms with Crippen LogP contribution >= 0.6 is 11.3 Å². The minimum atomic E-state index is 0.518. The van der Waals surface area contributed by atoms with Crippen molar-refractivity contribution in [3.63, 3.8) is 0 Å². The van der Waals surface area contributed by atoms with E-state index in [9.17, 15) is 0 Å². The Morgan fingerprint density at radius 1 is 0.371 bits per heavy atom. The molecule has 0 amide bonds. The van der Waals surface area contributed by atoms with Gasteiger partial charge in [-0.15, -0.1) is 11.3 Å². The molecule has 0 saturated carbocycles.